The van der Waals surface area contributed by atoms with Crippen molar-refractivity contribution in [1.29, 1.82) is 0 Å². The molecule has 0 radical (unpaired) electrons. The molecule has 2 amide bonds. The predicted octanol–water partition coefficient (Wildman–Crippen LogP) is 3.97. The van der Waals surface area contributed by atoms with Crippen LogP contribution in [-0.4, -0.2) is 27.4 Å². The quantitative estimate of drug-likeness (QED) is 0.637. The molecule has 2 heterocycles. The number of aromatic nitrogens is 2. The van der Waals surface area contributed by atoms with E-state index in [0.29, 0.717) is 34.3 Å². The molecular formula is C26H28N4O3. The number of amides is 2. The Balaban J connectivity index is 1.42. The van der Waals surface area contributed by atoms with Crippen molar-refractivity contribution in [3.63, 3.8) is 0 Å². The van der Waals surface area contributed by atoms with Crippen LogP contribution in [0, 0.1) is 6.92 Å². The third-order valence-corrected chi connectivity index (χ3v) is 6.49. The standard InChI is InChI=1S/C26H28N4O3/c1-16-7-8-17(24(31)27-19-10-11-19)14-21(16)29-25(32)18-9-12-20-22(15-18)28-23-6-4-2-3-5-13-30(23)26(20)33/h7-9,12,14-15,19H,2-6,10-11,13H2,1H3,(H,27,31)(H,29,32). The van der Waals surface area contributed by atoms with Gasteiger partial charge in [0, 0.05) is 35.8 Å². The zero-order chi connectivity index (χ0) is 22.9. The van der Waals surface area contributed by atoms with Gasteiger partial charge in [-0.15, -0.1) is 0 Å². The van der Waals surface area contributed by atoms with E-state index in [1.54, 1.807) is 34.9 Å². The maximum absolute atomic E-state index is 13.0. The van der Waals surface area contributed by atoms with Crippen molar-refractivity contribution in [3.05, 3.63) is 69.3 Å². The maximum Gasteiger partial charge on any atom is 0.261 e. The number of carbonyl (C=O) groups is 2. The molecule has 2 aromatic carbocycles. The van der Waals surface area contributed by atoms with E-state index in [0.717, 1.165) is 56.3 Å². The van der Waals surface area contributed by atoms with E-state index in [1.807, 2.05) is 13.0 Å². The fourth-order valence-electron chi connectivity index (χ4n) is 4.33. The summed E-state index contributed by atoms with van der Waals surface area (Å²) < 4.78 is 1.79. The van der Waals surface area contributed by atoms with Gasteiger partial charge in [0.25, 0.3) is 17.4 Å². The Morgan fingerprint density at radius 2 is 1.73 bits per heavy atom. The summed E-state index contributed by atoms with van der Waals surface area (Å²) in [7, 11) is 0. The number of nitrogens with zero attached hydrogens (tertiary/aromatic N) is 2. The smallest absolute Gasteiger partial charge is 0.261 e. The highest BCUT2D eigenvalue weighted by Crippen LogP contribution is 2.22. The Morgan fingerprint density at radius 1 is 0.970 bits per heavy atom. The largest absolute Gasteiger partial charge is 0.349 e. The summed E-state index contributed by atoms with van der Waals surface area (Å²) in [5.41, 5.74) is 2.93. The molecular weight excluding hydrogens is 416 g/mol. The summed E-state index contributed by atoms with van der Waals surface area (Å²) in [6.07, 6.45) is 7.09. The van der Waals surface area contributed by atoms with Crippen LogP contribution in [0.25, 0.3) is 10.9 Å². The maximum atomic E-state index is 13.0. The van der Waals surface area contributed by atoms with E-state index in [1.165, 1.54) is 0 Å². The van der Waals surface area contributed by atoms with Gasteiger partial charge in [-0.3, -0.25) is 19.0 Å². The minimum absolute atomic E-state index is 0.0333. The highest BCUT2D eigenvalue weighted by molar-refractivity contribution is 6.07. The van der Waals surface area contributed by atoms with Gasteiger partial charge in [0.05, 0.1) is 10.9 Å². The molecule has 0 saturated heterocycles. The molecule has 0 spiro atoms. The van der Waals surface area contributed by atoms with Crippen LogP contribution in [0.2, 0.25) is 0 Å². The molecule has 7 nitrogen and oxygen atoms in total. The molecule has 1 aliphatic carbocycles. The first kappa shape index (κ1) is 21.4. The molecule has 1 aromatic heterocycles. The average molecular weight is 445 g/mol. The Labute approximate surface area is 192 Å². The molecule has 2 N–H and O–H groups in total. The third kappa shape index (κ3) is 4.53. The van der Waals surface area contributed by atoms with Crippen molar-refractivity contribution in [2.24, 2.45) is 0 Å². The van der Waals surface area contributed by atoms with Crippen molar-refractivity contribution in [2.45, 2.75) is 64.5 Å². The molecule has 2 aliphatic rings. The van der Waals surface area contributed by atoms with E-state index >= 15 is 0 Å². The summed E-state index contributed by atoms with van der Waals surface area (Å²) >= 11 is 0. The molecule has 33 heavy (non-hydrogen) atoms. The van der Waals surface area contributed by atoms with Gasteiger partial charge in [0.1, 0.15) is 5.82 Å². The molecule has 0 bridgehead atoms. The van der Waals surface area contributed by atoms with Crippen LogP contribution in [0.4, 0.5) is 5.69 Å². The first-order chi connectivity index (χ1) is 16.0. The zero-order valence-corrected chi connectivity index (χ0v) is 18.8. The van der Waals surface area contributed by atoms with E-state index < -0.39 is 0 Å². The number of nitrogens with one attached hydrogen (secondary N) is 2. The Kier molecular flexibility index (Phi) is 5.70. The number of carbonyl (C=O) groups excluding carboxylic acids is 2. The van der Waals surface area contributed by atoms with Crippen LogP contribution in [-0.2, 0) is 13.0 Å². The van der Waals surface area contributed by atoms with Gasteiger partial charge < -0.3 is 10.6 Å². The molecule has 3 aromatic rings. The highest BCUT2D eigenvalue weighted by atomic mass is 16.2. The summed E-state index contributed by atoms with van der Waals surface area (Å²) in [5, 5.41) is 6.42. The van der Waals surface area contributed by atoms with Crippen molar-refractivity contribution in [1.82, 2.24) is 14.9 Å². The summed E-state index contributed by atoms with van der Waals surface area (Å²) in [6, 6.07) is 10.6. The summed E-state index contributed by atoms with van der Waals surface area (Å²) in [5.74, 6) is 0.378. The number of anilines is 1. The van der Waals surface area contributed by atoms with Crippen LogP contribution in [0.15, 0.2) is 41.2 Å². The SMILES string of the molecule is Cc1ccc(C(=O)NC2CC2)cc1NC(=O)c1ccc2c(=O)n3c(nc2c1)CCCCCC3. The number of fused-ring (bicyclic) bond motifs is 2. The van der Waals surface area contributed by atoms with E-state index in [9.17, 15) is 14.4 Å². The minimum Gasteiger partial charge on any atom is -0.349 e. The first-order valence-electron chi connectivity index (χ1n) is 11.8. The lowest BCUT2D eigenvalue weighted by atomic mass is 10.1. The van der Waals surface area contributed by atoms with Crippen LogP contribution >= 0.6 is 0 Å². The number of hydrogen-bond donors (Lipinski definition) is 2. The highest BCUT2D eigenvalue weighted by Gasteiger charge is 2.24. The Bertz CT molecular complexity index is 1310. The molecule has 0 unspecified atom stereocenters. The van der Waals surface area contributed by atoms with E-state index in [2.05, 4.69) is 10.6 Å². The van der Waals surface area contributed by atoms with Crippen LogP contribution in [0.3, 0.4) is 0 Å². The lowest BCUT2D eigenvalue weighted by molar-refractivity contribution is 0.0949. The fraction of sp³-hybridized carbons (Fsp3) is 0.385. The lowest BCUT2D eigenvalue weighted by Gasteiger charge is -2.16. The monoisotopic (exact) mass is 444 g/mol. The third-order valence-electron chi connectivity index (χ3n) is 6.49. The lowest BCUT2D eigenvalue weighted by Crippen LogP contribution is -2.27. The molecule has 1 aliphatic heterocycles. The van der Waals surface area contributed by atoms with Gasteiger partial charge in [-0.25, -0.2) is 4.98 Å². The number of rotatable bonds is 4. The van der Waals surface area contributed by atoms with Crippen molar-refractivity contribution in [2.75, 3.05) is 5.32 Å². The Hall–Kier alpha value is -3.48. The topological polar surface area (TPSA) is 93.1 Å². The molecule has 5 rings (SSSR count). The molecule has 7 heteroatoms. The fourth-order valence-corrected chi connectivity index (χ4v) is 4.33. The molecule has 1 fully saturated rings. The van der Waals surface area contributed by atoms with Gasteiger partial charge in [-0.2, -0.15) is 0 Å². The van der Waals surface area contributed by atoms with E-state index in [4.69, 9.17) is 4.98 Å². The number of hydrogen-bond acceptors (Lipinski definition) is 4. The molecule has 0 atom stereocenters. The van der Waals surface area contributed by atoms with Crippen molar-refractivity contribution in [3.8, 4) is 0 Å². The van der Waals surface area contributed by atoms with Crippen molar-refractivity contribution >= 4 is 28.4 Å². The summed E-state index contributed by atoms with van der Waals surface area (Å²) in [4.78, 5) is 43.2. The number of benzene rings is 2. The van der Waals surface area contributed by atoms with Crippen molar-refractivity contribution < 1.29 is 9.59 Å². The average Bonchev–Trinajstić information content (AvgIpc) is 3.60. The van der Waals surface area contributed by atoms with Crippen LogP contribution in [0.5, 0.6) is 0 Å². The Morgan fingerprint density at radius 3 is 2.55 bits per heavy atom. The normalized spacial score (nSPS) is 15.9. The second-order valence-electron chi connectivity index (χ2n) is 9.11. The van der Waals surface area contributed by atoms with Gasteiger partial charge in [0.15, 0.2) is 0 Å². The second-order valence-corrected chi connectivity index (χ2v) is 9.11. The minimum atomic E-state index is -0.298. The first-order valence-corrected chi connectivity index (χ1v) is 11.8. The van der Waals surface area contributed by atoms with E-state index in [-0.39, 0.29) is 23.4 Å². The van der Waals surface area contributed by atoms with Crippen LogP contribution in [0.1, 0.15) is 70.6 Å². The molecule has 1 saturated carbocycles. The predicted molar refractivity (Wildman–Crippen MR) is 128 cm³/mol. The van der Waals surface area contributed by atoms with Gasteiger partial charge >= 0.3 is 0 Å². The zero-order valence-electron chi connectivity index (χ0n) is 18.8. The molecule has 170 valence electrons. The van der Waals surface area contributed by atoms with Crippen LogP contribution < -0.4 is 16.2 Å². The summed E-state index contributed by atoms with van der Waals surface area (Å²) in [6.45, 7) is 2.59. The van der Waals surface area contributed by atoms with Gasteiger partial charge in [-0.1, -0.05) is 18.9 Å². The van der Waals surface area contributed by atoms with Gasteiger partial charge in [-0.05, 0) is 68.5 Å². The second kappa shape index (κ2) is 8.81. The number of aryl methyl sites for hydroxylation is 2. The van der Waals surface area contributed by atoms with Gasteiger partial charge in [0.2, 0.25) is 0 Å².